The maximum atomic E-state index is 13.1. The lowest BCUT2D eigenvalue weighted by Crippen LogP contribution is -2.32. The lowest BCUT2D eigenvalue weighted by molar-refractivity contribution is -0.384. The predicted octanol–water partition coefficient (Wildman–Crippen LogP) is 1.71. The number of nitrogens with zero attached hydrogens (tertiary/aromatic N) is 1. The Morgan fingerprint density at radius 3 is 2.43 bits per heavy atom. The fraction of sp³-hybridized carbons (Fsp3) is 0.143. The average Bonchev–Trinajstić information content (AvgIpc) is 2.52. The van der Waals surface area contributed by atoms with Gasteiger partial charge in [-0.2, -0.15) is 0 Å². The Balaban J connectivity index is 2.07. The van der Waals surface area contributed by atoms with Gasteiger partial charge < -0.3 is 5.73 Å². The molecule has 0 heterocycles. The number of non-ortho nitro benzene ring substituents is 1. The Morgan fingerprint density at radius 1 is 1.22 bits per heavy atom. The first-order valence-electron chi connectivity index (χ1n) is 6.55. The number of halogens is 1. The summed E-state index contributed by atoms with van der Waals surface area (Å²) >= 11 is 0. The molecule has 1 atom stereocenters. The Kier molecular flexibility index (Phi) is 5.04. The number of hydrogen-bond acceptors (Lipinski definition) is 5. The molecule has 0 saturated heterocycles. The van der Waals surface area contributed by atoms with Crippen LogP contribution in [0.3, 0.4) is 0 Å². The molecule has 0 saturated carbocycles. The summed E-state index contributed by atoms with van der Waals surface area (Å²) in [5.74, 6) is -0.462. The highest BCUT2D eigenvalue weighted by Crippen LogP contribution is 2.16. The summed E-state index contributed by atoms with van der Waals surface area (Å²) in [6, 6.07) is 9.30. The van der Waals surface area contributed by atoms with Gasteiger partial charge in [0.05, 0.1) is 9.82 Å². The van der Waals surface area contributed by atoms with Crippen molar-refractivity contribution in [3.63, 3.8) is 0 Å². The summed E-state index contributed by atoms with van der Waals surface area (Å²) in [5.41, 5.74) is 6.08. The van der Waals surface area contributed by atoms with Crippen LogP contribution in [0.15, 0.2) is 53.4 Å². The molecule has 0 aliphatic carbocycles. The highest BCUT2D eigenvalue weighted by Gasteiger charge is 2.17. The van der Waals surface area contributed by atoms with Gasteiger partial charge in [-0.05, 0) is 29.8 Å². The van der Waals surface area contributed by atoms with Crippen LogP contribution < -0.4 is 10.5 Å². The van der Waals surface area contributed by atoms with Crippen molar-refractivity contribution in [1.29, 1.82) is 0 Å². The summed E-state index contributed by atoms with van der Waals surface area (Å²) in [6.45, 7) is -0.136. The topological polar surface area (TPSA) is 115 Å². The molecule has 0 fully saturated rings. The number of nitrogens with one attached hydrogen (secondary N) is 1. The molecule has 2 rings (SSSR count). The van der Waals surface area contributed by atoms with E-state index in [2.05, 4.69) is 4.72 Å². The van der Waals surface area contributed by atoms with Crippen LogP contribution in [0.4, 0.5) is 10.1 Å². The third-order valence-corrected chi connectivity index (χ3v) is 4.57. The van der Waals surface area contributed by atoms with E-state index in [1.807, 2.05) is 0 Å². The molecule has 2 aromatic carbocycles. The molecule has 7 nitrogen and oxygen atoms in total. The largest absolute Gasteiger partial charge is 0.323 e. The fourth-order valence-electron chi connectivity index (χ4n) is 1.88. The van der Waals surface area contributed by atoms with Gasteiger partial charge in [0.25, 0.3) is 5.69 Å². The van der Waals surface area contributed by atoms with Crippen molar-refractivity contribution >= 4 is 15.7 Å². The SMILES string of the molecule is N[C@@H](CNS(=O)(=O)c1ccc([N+](=O)[O-])cc1)c1cccc(F)c1. The minimum atomic E-state index is -3.86. The van der Waals surface area contributed by atoms with Gasteiger partial charge in [-0.3, -0.25) is 10.1 Å². The second kappa shape index (κ2) is 6.82. The monoisotopic (exact) mass is 339 g/mol. The highest BCUT2D eigenvalue weighted by atomic mass is 32.2. The standard InChI is InChI=1S/C14H14FN3O4S/c15-11-3-1-2-10(8-11)14(16)9-17-23(21,22)13-6-4-12(5-7-13)18(19)20/h1-8,14,17H,9,16H2/t14-/m0/s1. The third-order valence-electron chi connectivity index (χ3n) is 3.13. The molecule has 0 aliphatic rings. The number of hydrogen-bond donors (Lipinski definition) is 2. The van der Waals surface area contributed by atoms with Crippen molar-refractivity contribution in [2.24, 2.45) is 5.73 Å². The van der Waals surface area contributed by atoms with E-state index in [0.29, 0.717) is 5.56 Å². The highest BCUT2D eigenvalue weighted by molar-refractivity contribution is 7.89. The zero-order valence-electron chi connectivity index (χ0n) is 11.8. The van der Waals surface area contributed by atoms with E-state index in [1.54, 1.807) is 6.07 Å². The van der Waals surface area contributed by atoms with Gasteiger partial charge >= 0.3 is 0 Å². The molecule has 0 radical (unpaired) electrons. The van der Waals surface area contributed by atoms with Gasteiger partial charge in [0, 0.05) is 24.7 Å². The lowest BCUT2D eigenvalue weighted by Gasteiger charge is -2.13. The molecule has 2 aromatic rings. The number of nitrogens with two attached hydrogens (primary N) is 1. The van der Waals surface area contributed by atoms with E-state index in [0.717, 1.165) is 24.3 Å². The van der Waals surface area contributed by atoms with Crippen LogP contribution in [0.5, 0.6) is 0 Å². The Labute approximate surface area is 132 Å². The summed E-state index contributed by atoms with van der Waals surface area (Å²) in [6.07, 6.45) is 0. The molecule has 9 heteroatoms. The van der Waals surface area contributed by atoms with Gasteiger partial charge in [-0.1, -0.05) is 12.1 Å². The minimum Gasteiger partial charge on any atom is -0.323 e. The normalized spacial score (nSPS) is 12.8. The van der Waals surface area contributed by atoms with Crippen LogP contribution in [0, 0.1) is 15.9 Å². The van der Waals surface area contributed by atoms with E-state index in [1.165, 1.54) is 18.2 Å². The molecule has 0 aliphatic heterocycles. The van der Waals surface area contributed by atoms with E-state index < -0.39 is 26.8 Å². The van der Waals surface area contributed by atoms with Gasteiger partial charge in [0.15, 0.2) is 0 Å². The van der Waals surface area contributed by atoms with Crippen LogP contribution >= 0.6 is 0 Å². The summed E-state index contributed by atoms with van der Waals surface area (Å²) in [5, 5.41) is 10.6. The molecule has 0 aromatic heterocycles. The molecule has 122 valence electrons. The second-order valence-electron chi connectivity index (χ2n) is 4.76. The molecule has 0 unspecified atom stereocenters. The van der Waals surface area contributed by atoms with Crippen LogP contribution in [0.25, 0.3) is 0 Å². The number of nitro benzene ring substituents is 1. The average molecular weight is 339 g/mol. The second-order valence-corrected chi connectivity index (χ2v) is 6.53. The molecule has 0 amide bonds. The fourth-order valence-corrected chi connectivity index (χ4v) is 2.94. The van der Waals surface area contributed by atoms with Gasteiger partial charge in [-0.15, -0.1) is 0 Å². The van der Waals surface area contributed by atoms with Crippen molar-refractivity contribution in [2.45, 2.75) is 10.9 Å². The number of rotatable bonds is 6. The van der Waals surface area contributed by atoms with Crippen molar-refractivity contribution in [3.05, 3.63) is 70.0 Å². The van der Waals surface area contributed by atoms with Crippen LogP contribution in [-0.2, 0) is 10.0 Å². The first-order valence-corrected chi connectivity index (χ1v) is 8.03. The van der Waals surface area contributed by atoms with Gasteiger partial charge in [0.2, 0.25) is 10.0 Å². The Hall–Kier alpha value is -2.36. The zero-order valence-corrected chi connectivity index (χ0v) is 12.7. The van der Waals surface area contributed by atoms with Crippen molar-refractivity contribution in [3.8, 4) is 0 Å². The van der Waals surface area contributed by atoms with E-state index in [4.69, 9.17) is 5.73 Å². The van der Waals surface area contributed by atoms with Crippen molar-refractivity contribution < 1.29 is 17.7 Å². The summed E-state index contributed by atoms with van der Waals surface area (Å²) in [4.78, 5) is 9.82. The minimum absolute atomic E-state index is 0.116. The zero-order chi connectivity index (χ0) is 17.0. The first-order chi connectivity index (χ1) is 10.8. The number of nitro groups is 1. The Bertz CT molecular complexity index is 809. The number of benzene rings is 2. The molecular weight excluding hydrogens is 325 g/mol. The Morgan fingerprint density at radius 2 is 1.87 bits per heavy atom. The molecular formula is C14H14FN3O4S. The van der Waals surface area contributed by atoms with Gasteiger partial charge in [0.1, 0.15) is 5.82 Å². The predicted molar refractivity (Wildman–Crippen MR) is 81.6 cm³/mol. The van der Waals surface area contributed by atoms with Crippen molar-refractivity contribution in [2.75, 3.05) is 6.54 Å². The third kappa shape index (κ3) is 4.31. The van der Waals surface area contributed by atoms with Crippen LogP contribution in [-0.4, -0.2) is 19.9 Å². The van der Waals surface area contributed by atoms with Crippen LogP contribution in [0.1, 0.15) is 11.6 Å². The molecule has 23 heavy (non-hydrogen) atoms. The lowest BCUT2D eigenvalue weighted by atomic mass is 10.1. The van der Waals surface area contributed by atoms with Crippen molar-refractivity contribution in [1.82, 2.24) is 4.72 Å². The van der Waals surface area contributed by atoms with E-state index in [9.17, 15) is 22.9 Å². The van der Waals surface area contributed by atoms with E-state index in [-0.39, 0.29) is 17.1 Å². The van der Waals surface area contributed by atoms with E-state index >= 15 is 0 Å². The maximum Gasteiger partial charge on any atom is 0.269 e. The molecule has 3 N–H and O–H groups in total. The smallest absolute Gasteiger partial charge is 0.269 e. The van der Waals surface area contributed by atoms with Crippen LogP contribution in [0.2, 0.25) is 0 Å². The summed E-state index contributed by atoms with van der Waals surface area (Å²) in [7, 11) is -3.86. The first kappa shape index (κ1) is 17.0. The number of sulfonamides is 1. The summed E-state index contributed by atoms with van der Waals surface area (Å²) < 4.78 is 39.6. The van der Waals surface area contributed by atoms with Gasteiger partial charge in [-0.25, -0.2) is 17.5 Å². The molecule has 0 bridgehead atoms. The quantitative estimate of drug-likeness (QED) is 0.614. The molecule has 0 spiro atoms. The maximum absolute atomic E-state index is 13.1.